The Labute approximate surface area is 65.5 Å². The van der Waals surface area contributed by atoms with Crippen molar-refractivity contribution < 1.29 is 5.11 Å². The van der Waals surface area contributed by atoms with Crippen molar-refractivity contribution in [2.24, 2.45) is 0 Å². The number of hydrogen-bond acceptors (Lipinski definition) is 2. The van der Waals surface area contributed by atoms with E-state index in [1.54, 1.807) is 6.92 Å². The van der Waals surface area contributed by atoms with Crippen LogP contribution in [0.3, 0.4) is 0 Å². The third kappa shape index (κ3) is 5.47. The van der Waals surface area contributed by atoms with Crippen LogP contribution in [0.15, 0.2) is 24.4 Å². The zero-order chi connectivity index (χ0) is 7.82. The normalized spacial score (nSPS) is 7.80. The molecule has 0 aliphatic rings. The van der Waals surface area contributed by atoms with Gasteiger partial charge in [0.2, 0.25) is 0 Å². The molecule has 0 atom stereocenters. The summed E-state index contributed by atoms with van der Waals surface area (Å²) in [5.41, 5.74) is 0. The fraction of sp³-hybridized carbons (Fsp3) is 0.286. The highest BCUT2D eigenvalue weighted by molar-refractivity contribution is 7.71. The second-order valence-electron chi connectivity index (χ2n) is 1.54. The molecule has 0 aliphatic heterocycles. The van der Waals surface area contributed by atoms with Gasteiger partial charge in [0.15, 0.2) is 0 Å². The van der Waals surface area contributed by atoms with Crippen LogP contribution in [0.2, 0.25) is 0 Å². The fourth-order valence-electron chi connectivity index (χ4n) is 0.377. The quantitative estimate of drug-likeness (QED) is 0.563. The first-order valence-electron chi connectivity index (χ1n) is 3.05. The Kier molecular flexibility index (Phi) is 6.02. The minimum Gasteiger partial charge on any atom is -0.397 e. The van der Waals surface area contributed by atoms with Gasteiger partial charge in [-0.25, -0.2) is 0 Å². The minimum atomic E-state index is 0.250. The van der Waals surface area contributed by atoms with Gasteiger partial charge in [0.1, 0.15) is 4.64 Å². The minimum absolute atomic E-state index is 0.250. The number of hydrogen-bond donors (Lipinski definition) is 2. The van der Waals surface area contributed by atoms with Gasteiger partial charge in [-0.3, -0.25) is 0 Å². The molecule has 1 rings (SSSR count). The van der Waals surface area contributed by atoms with E-state index in [0.29, 0.717) is 0 Å². The Morgan fingerprint density at radius 3 is 2.40 bits per heavy atom. The van der Waals surface area contributed by atoms with Crippen molar-refractivity contribution in [1.29, 1.82) is 0 Å². The van der Waals surface area contributed by atoms with Crippen LogP contribution in [-0.4, -0.2) is 16.7 Å². The lowest BCUT2D eigenvalue weighted by molar-refractivity contribution is 0.318. The molecule has 1 heterocycles. The van der Waals surface area contributed by atoms with Gasteiger partial charge >= 0.3 is 0 Å². The van der Waals surface area contributed by atoms with Crippen LogP contribution in [0.25, 0.3) is 0 Å². The van der Waals surface area contributed by atoms with Gasteiger partial charge < -0.3 is 10.1 Å². The molecule has 10 heavy (non-hydrogen) atoms. The molecule has 0 fully saturated rings. The lowest BCUT2D eigenvalue weighted by atomic mass is 10.5. The maximum absolute atomic E-state index is 7.57. The third-order valence-corrected chi connectivity index (χ3v) is 0.934. The summed E-state index contributed by atoms with van der Waals surface area (Å²) in [6.07, 6.45) is 1.81. The second-order valence-corrected chi connectivity index (χ2v) is 1.98. The van der Waals surface area contributed by atoms with Crippen molar-refractivity contribution in [3.05, 3.63) is 29.0 Å². The topological polar surface area (TPSA) is 36.0 Å². The van der Waals surface area contributed by atoms with Crippen molar-refractivity contribution in [2.45, 2.75) is 6.92 Å². The number of H-pyrrole nitrogens is 1. The molecule has 1 aromatic rings. The molecule has 2 nitrogen and oxygen atoms in total. The van der Waals surface area contributed by atoms with Gasteiger partial charge in [0.05, 0.1) is 0 Å². The van der Waals surface area contributed by atoms with Gasteiger partial charge in [0, 0.05) is 12.8 Å². The summed E-state index contributed by atoms with van der Waals surface area (Å²) in [5, 5.41) is 7.57. The Morgan fingerprint density at radius 1 is 1.60 bits per heavy atom. The molecule has 0 spiro atoms. The highest BCUT2D eigenvalue weighted by atomic mass is 32.1. The van der Waals surface area contributed by atoms with Gasteiger partial charge in [0.25, 0.3) is 0 Å². The highest BCUT2D eigenvalue weighted by Gasteiger charge is 1.65. The first kappa shape index (κ1) is 9.33. The maximum Gasteiger partial charge on any atom is 0.103 e. The molecule has 56 valence electrons. The molecule has 3 heteroatoms. The number of pyridine rings is 1. The summed E-state index contributed by atoms with van der Waals surface area (Å²) in [4.78, 5) is 2.85. The van der Waals surface area contributed by atoms with E-state index in [9.17, 15) is 0 Å². The first-order valence-corrected chi connectivity index (χ1v) is 3.46. The van der Waals surface area contributed by atoms with Crippen LogP contribution in [0.4, 0.5) is 0 Å². The van der Waals surface area contributed by atoms with E-state index in [2.05, 4.69) is 4.98 Å². The molecule has 0 aromatic carbocycles. The average molecular weight is 157 g/mol. The van der Waals surface area contributed by atoms with E-state index in [4.69, 9.17) is 17.3 Å². The predicted molar refractivity (Wildman–Crippen MR) is 44.4 cm³/mol. The van der Waals surface area contributed by atoms with Crippen LogP contribution in [-0.2, 0) is 0 Å². The monoisotopic (exact) mass is 157 g/mol. The van der Waals surface area contributed by atoms with E-state index < -0.39 is 0 Å². The molecule has 0 saturated carbocycles. The van der Waals surface area contributed by atoms with Crippen molar-refractivity contribution in [2.75, 3.05) is 6.61 Å². The predicted octanol–water partition coefficient (Wildman–Crippen LogP) is 1.74. The molecule has 1 aromatic heterocycles. The molecule has 0 saturated heterocycles. The van der Waals surface area contributed by atoms with Crippen molar-refractivity contribution in [3.8, 4) is 0 Å². The van der Waals surface area contributed by atoms with E-state index in [1.807, 2.05) is 24.4 Å². The molecule has 2 N–H and O–H groups in total. The summed E-state index contributed by atoms with van der Waals surface area (Å²) in [6.45, 7) is 1.93. The average Bonchev–Trinajstić information content (AvgIpc) is 1.91. The molecule has 0 radical (unpaired) electrons. The summed E-state index contributed by atoms with van der Waals surface area (Å²) in [5.74, 6) is 0. The summed E-state index contributed by atoms with van der Waals surface area (Å²) in [6, 6.07) is 5.64. The van der Waals surface area contributed by atoms with Crippen LogP contribution in [0.5, 0.6) is 0 Å². The van der Waals surface area contributed by atoms with E-state index in [-0.39, 0.29) is 6.61 Å². The second kappa shape index (κ2) is 6.45. The van der Waals surface area contributed by atoms with Gasteiger partial charge in [-0.05, 0) is 19.1 Å². The van der Waals surface area contributed by atoms with E-state index in [0.717, 1.165) is 4.64 Å². The van der Waals surface area contributed by atoms with Crippen molar-refractivity contribution >= 4 is 12.2 Å². The zero-order valence-electron chi connectivity index (χ0n) is 5.87. The molecule has 0 aliphatic carbocycles. The van der Waals surface area contributed by atoms with Crippen LogP contribution in [0.1, 0.15) is 6.92 Å². The Hall–Kier alpha value is -0.670. The van der Waals surface area contributed by atoms with E-state index in [1.165, 1.54) is 0 Å². The highest BCUT2D eigenvalue weighted by Crippen LogP contribution is 1.80. The van der Waals surface area contributed by atoms with Gasteiger partial charge in [-0.2, -0.15) is 0 Å². The standard InChI is InChI=1S/C5H5NS.C2H6O/c7-5-3-1-2-4-6-5;1-2-3/h1-4H,(H,6,7);3H,2H2,1H3. The number of aromatic amines is 1. The van der Waals surface area contributed by atoms with Crippen molar-refractivity contribution in [1.82, 2.24) is 4.98 Å². The SMILES string of the molecule is CCO.S=c1cccc[nH]1. The largest absolute Gasteiger partial charge is 0.397 e. The Morgan fingerprint density at radius 2 is 2.20 bits per heavy atom. The number of aliphatic hydroxyl groups excluding tert-OH is 1. The summed E-state index contributed by atoms with van der Waals surface area (Å²) < 4.78 is 0.780. The molecule has 0 bridgehead atoms. The molecular weight excluding hydrogens is 146 g/mol. The number of aliphatic hydroxyl groups is 1. The van der Waals surface area contributed by atoms with E-state index >= 15 is 0 Å². The Bertz CT molecular complexity index is 191. The smallest absolute Gasteiger partial charge is 0.103 e. The summed E-state index contributed by atoms with van der Waals surface area (Å²) >= 11 is 4.76. The maximum atomic E-state index is 7.57. The number of rotatable bonds is 0. The lowest BCUT2D eigenvalue weighted by Gasteiger charge is -1.76. The molecular formula is C7H11NOS. The Balaban J connectivity index is 0.000000236. The first-order chi connectivity index (χ1) is 4.81. The molecule has 0 unspecified atom stereocenters. The third-order valence-electron chi connectivity index (χ3n) is 0.681. The van der Waals surface area contributed by atoms with Crippen LogP contribution in [0, 0.1) is 4.64 Å². The number of nitrogens with one attached hydrogen (secondary N) is 1. The summed E-state index contributed by atoms with van der Waals surface area (Å²) in [7, 11) is 0. The van der Waals surface area contributed by atoms with Gasteiger partial charge in [-0.1, -0.05) is 18.3 Å². The number of aromatic nitrogens is 1. The van der Waals surface area contributed by atoms with Crippen LogP contribution < -0.4 is 0 Å². The zero-order valence-corrected chi connectivity index (χ0v) is 6.69. The fourth-order valence-corrected chi connectivity index (χ4v) is 0.523. The molecule has 0 amide bonds. The van der Waals surface area contributed by atoms with Gasteiger partial charge in [-0.15, -0.1) is 0 Å². The van der Waals surface area contributed by atoms with Crippen molar-refractivity contribution in [3.63, 3.8) is 0 Å². The lowest BCUT2D eigenvalue weighted by Crippen LogP contribution is -1.64. The van der Waals surface area contributed by atoms with Crippen LogP contribution >= 0.6 is 12.2 Å².